The Labute approximate surface area is 178 Å². The van der Waals surface area contributed by atoms with Gasteiger partial charge in [0, 0.05) is 37.9 Å². The van der Waals surface area contributed by atoms with E-state index in [2.05, 4.69) is 23.9 Å². The number of nitrogens with zero attached hydrogens (tertiary/aromatic N) is 4. The molecule has 1 amide bonds. The number of sulfonamides is 1. The summed E-state index contributed by atoms with van der Waals surface area (Å²) in [5.41, 5.74) is 2.52. The summed E-state index contributed by atoms with van der Waals surface area (Å²) in [6.45, 7) is 10.9. The van der Waals surface area contributed by atoms with Crippen molar-refractivity contribution in [2.45, 2.75) is 45.6 Å². The number of hydrogen-bond acceptors (Lipinski definition) is 6. The van der Waals surface area contributed by atoms with Crippen LogP contribution in [0.1, 0.15) is 30.9 Å². The van der Waals surface area contributed by atoms with Crippen LogP contribution in [-0.2, 0) is 14.8 Å². The van der Waals surface area contributed by atoms with E-state index in [1.54, 1.807) is 18.7 Å². The minimum Gasteiger partial charge on any atom is -0.360 e. The van der Waals surface area contributed by atoms with Gasteiger partial charge in [-0.3, -0.25) is 4.79 Å². The van der Waals surface area contributed by atoms with Crippen LogP contribution >= 0.6 is 0 Å². The summed E-state index contributed by atoms with van der Waals surface area (Å²) in [7, 11) is -3.69. The topological polar surface area (TPSA) is 87.0 Å². The molecular formula is C21H30N4O4S. The normalized spacial score (nSPS) is 15.6. The summed E-state index contributed by atoms with van der Waals surface area (Å²) < 4.78 is 32.4. The highest BCUT2D eigenvalue weighted by Crippen LogP contribution is 2.25. The van der Waals surface area contributed by atoms with Crippen LogP contribution < -0.4 is 4.90 Å². The predicted octanol–water partition coefficient (Wildman–Crippen LogP) is 2.35. The summed E-state index contributed by atoms with van der Waals surface area (Å²) >= 11 is 0. The van der Waals surface area contributed by atoms with Crippen LogP contribution in [0.2, 0.25) is 0 Å². The van der Waals surface area contributed by atoms with Gasteiger partial charge in [0.1, 0.15) is 10.6 Å². The fourth-order valence-electron chi connectivity index (χ4n) is 3.83. The molecule has 0 saturated carbocycles. The third-order valence-electron chi connectivity index (χ3n) is 5.51. The van der Waals surface area contributed by atoms with E-state index >= 15 is 0 Å². The first kappa shape index (κ1) is 22.3. The molecule has 0 bridgehead atoms. The zero-order valence-electron chi connectivity index (χ0n) is 18.3. The van der Waals surface area contributed by atoms with Crippen LogP contribution in [0.4, 0.5) is 5.69 Å². The van der Waals surface area contributed by atoms with Crippen molar-refractivity contribution in [3.63, 3.8) is 0 Å². The second kappa shape index (κ2) is 8.77. The van der Waals surface area contributed by atoms with E-state index < -0.39 is 10.0 Å². The van der Waals surface area contributed by atoms with Gasteiger partial charge in [-0.15, -0.1) is 0 Å². The molecule has 1 aromatic carbocycles. The monoisotopic (exact) mass is 434 g/mol. The van der Waals surface area contributed by atoms with Crippen molar-refractivity contribution in [2.24, 2.45) is 0 Å². The summed E-state index contributed by atoms with van der Waals surface area (Å²) in [4.78, 5) is 16.9. The van der Waals surface area contributed by atoms with Crippen LogP contribution in [0.5, 0.6) is 0 Å². The van der Waals surface area contributed by atoms with Gasteiger partial charge < -0.3 is 14.3 Å². The van der Waals surface area contributed by atoms with Gasteiger partial charge in [0.25, 0.3) is 0 Å². The van der Waals surface area contributed by atoms with Crippen LogP contribution in [-0.4, -0.2) is 67.5 Å². The van der Waals surface area contributed by atoms with Crippen LogP contribution in [0.3, 0.4) is 0 Å². The van der Waals surface area contributed by atoms with Crippen molar-refractivity contribution in [2.75, 3.05) is 37.6 Å². The van der Waals surface area contributed by atoms with E-state index in [0.29, 0.717) is 18.8 Å². The van der Waals surface area contributed by atoms with E-state index in [1.165, 1.54) is 4.31 Å². The van der Waals surface area contributed by atoms with Crippen molar-refractivity contribution in [1.82, 2.24) is 14.4 Å². The number of amides is 1. The van der Waals surface area contributed by atoms with E-state index in [0.717, 1.165) is 11.3 Å². The molecule has 1 saturated heterocycles. The van der Waals surface area contributed by atoms with Gasteiger partial charge in [0.15, 0.2) is 5.76 Å². The fraction of sp³-hybridized carbons (Fsp3) is 0.524. The maximum absolute atomic E-state index is 13.0. The first-order chi connectivity index (χ1) is 14.1. The molecule has 0 unspecified atom stereocenters. The molecule has 2 heterocycles. The first-order valence-corrected chi connectivity index (χ1v) is 11.6. The van der Waals surface area contributed by atoms with Gasteiger partial charge in [-0.05, 0) is 46.2 Å². The molecule has 1 fully saturated rings. The van der Waals surface area contributed by atoms with Crippen molar-refractivity contribution in [1.29, 1.82) is 0 Å². The van der Waals surface area contributed by atoms with Crippen LogP contribution in [0, 0.1) is 20.8 Å². The van der Waals surface area contributed by atoms with E-state index in [1.807, 2.05) is 31.2 Å². The first-order valence-electron chi connectivity index (χ1n) is 10.2. The zero-order valence-corrected chi connectivity index (χ0v) is 19.1. The molecule has 9 heteroatoms. The van der Waals surface area contributed by atoms with Gasteiger partial charge in [-0.1, -0.05) is 23.4 Å². The molecule has 2 aromatic rings. The molecule has 0 aliphatic carbocycles. The predicted molar refractivity (Wildman–Crippen MR) is 115 cm³/mol. The lowest BCUT2D eigenvalue weighted by Crippen LogP contribution is -2.53. The van der Waals surface area contributed by atoms with Crippen LogP contribution in [0.25, 0.3) is 0 Å². The number of hydrogen-bond donors (Lipinski definition) is 0. The average molecular weight is 435 g/mol. The molecule has 0 N–H and O–H groups in total. The molecule has 0 radical (unpaired) electrons. The Morgan fingerprint density at radius 2 is 1.77 bits per heavy atom. The lowest BCUT2D eigenvalue weighted by Gasteiger charge is -2.36. The molecule has 30 heavy (non-hydrogen) atoms. The van der Waals surface area contributed by atoms with Gasteiger partial charge in [0.2, 0.25) is 15.9 Å². The summed E-state index contributed by atoms with van der Waals surface area (Å²) in [6, 6.07) is 8.18. The average Bonchev–Trinajstić information content (AvgIpc) is 3.05. The number of piperazine rings is 1. The van der Waals surface area contributed by atoms with Crippen molar-refractivity contribution in [3.8, 4) is 0 Å². The Bertz CT molecular complexity index is 988. The maximum Gasteiger partial charge on any atom is 0.248 e. The Kier molecular flexibility index (Phi) is 6.52. The highest BCUT2D eigenvalue weighted by molar-refractivity contribution is 7.89. The highest BCUT2D eigenvalue weighted by atomic mass is 32.2. The molecular weight excluding hydrogens is 404 g/mol. The lowest BCUT2D eigenvalue weighted by atomic mass is 10.1. The maximum atomic E-state index is 13.0. The number of anilines is 1. The largest absolute Gasteiger partial charge is 0.360 e. The second-order valence-electron chi connectivity index (χ2n) is 7.95. The van der Waals surface area contributed by atoms with Gasteiger partial charge in [-0.2, -0.15) is 4.31 Å². The number of benzene rings is 1. The fourth-order valence-corrected chi connectivity index (χ4v) is 5.54. The Morgan fingerprint density at radius 3 is 2.30 bits per heavy atom. The summed E-state index contributed by atoms with van der Waals surface area (Å²) in [5, 5.41) is 3.75. The second-order valence-corrected chi connectivity index (χ2v) is 9.82. The number of aromatic nitrogens is 1. The summed E-state index contributed by atoms with van der Waals surface area (Å²) in [5.74, 6) is 0.290. The number of para-hydroxylation sites is 1. The SMILES string of the molecule is Cc1ccccc1N(CC(=O)N1CCN(S(=O)(=O)c2c(C)noc2C)CC1)C(C)C. The van der Waals surface area contributed by atoms with E-state index in [9.17, 15) is 13.2 Å². The Hall–Kier alpha value is -2.39. The molecule has 164 valence electrons. The Morgan fingerprint density at radius 1 is 1.13 bits per heavy atom. The summed E-state index contributed by atoms with van der Waals surface area (Å²) in [6.07, 6.45) is 0. The molecule has 8 nitrogen and oxygen atoms in total. The minimum atomic E-state index is -3.69. The molecule has 1 aliphatic heterocycles. The van der Waals surface area contributed by atoms with Gasteiger partial charge in [-0.25, -0.2) is 8.42 Å². The van der Waals surface area contributed by atoms with Crippen molar-refractivity contribution >= 4 is 21.6 Å². The molecule has 3 rings (SSSR count). The van der Waals surface area contributed by atoms with E-state index in [4.69, 9.17) is 4.52 Å². The smallest absolute Gasteiger partial charge is 0.248 e. The number of carbonyl (C=O) groups is 1. The quantitative estimate of drug-likeness (QED) is 0.694. The zero-order chi connectivity index (χ0) is 22.1. The number of aryl methyl sites for hydroxylation is 3. The number of carbonyl (C=O) groups excluding carboxylic acids is 1. The molecule has 0 atom stereocenters. The molecule has 1 aromatic heterocycles. The van der Waals surface area contributed by atoms with Crippen LogP contribution in [0.15, 0.2) is 33.7 Å². The highest BCUT2D eigenvalue weighted by Gasteiger charge is 2.34. The van der Waals surface area contributed by atoms with Crippen molar-refractivity contribution in [3.05, 3.63) is 41.3 Å². The molecule has 1 aliphatic rings. The lowest BCUT2D eigenvalue weighted by molar-refractivity contribution is -0.130. The Balaban J connectivity index is 1.67. The van der Waals surface area contributed by atoms with Gasteiger partial charge >= 0.3 is 0 Å². The third-order valence-corrected chi connectivity index (χ3v) is 7.65. The molecule has 0 spiro atoms. The van der Waals surface area contributed by atoms with Crippen molar-refractivity contribution < 1.29 is 17.7 Å². The third kappa shape index (κ3) is 4.37. The number of rotatable bonds is 6. The standard InChI is InChI=1S/C21H30N4O4S/c1-15(2)25(19-9-7-6-8-16(19)3)14-20(26)23-10-12-24(13-11-23)30(27,28)21-17(4)22-29-18(21)5/h6-9,15H,10-14H2,1-5H3. The van der Waals surface area contributed by atoms with E-state index in [-0.39, 0.29) is 42.2 Å². The van der Waals surface area contributed by atoms with Gasteiger partial charge in [0.05, 0.1) is 6.54 Å². The minimum absolute atomic E-state index is 0.00124.